The fourth-order valence-electron chi connectivity index (χ4n) is 4.75. The van der Waals surface area contributed by atoms with Crippen molar-refractivity contribution in [1.82, 2.24) is 10.2 Å². The second-order valence-electron chi connectivity index (χ2n) is 10.4. The molecule has 0 aliphatic carbocycles. The third-order valence-corrected chi connectivity index (χ3v) is 10.4. The van der Waals surface area contributed by atoms with Gasteiger partial charge in [-0.25, -0.2) is 8.42 Å². The first kappa shape index (κ1) is 34.7. The van der Waals surface area contributed by atoms with E-state index in [-0.39, 0.29) is 23.8 Å². The van der Waals surface area contributed by atoms with E-state index in [0.717, 1.165) is 26.3 Å². The van der Waals surface area contributed by atoms with E-state index in [9.17, 15) is 18.0 Å². The predicted molar refractivity (Wildman–Crippen MR) is 189 cm³/mol. The van der Waals surface area contributed by atoms with Crippen LogP contribution in [0.1, 0.15) is 30.9 Å². The van der Waals surface area contributed by atoms with Crippen LogP contribution in [0, 0.1) is 3.57 Å². The van der Waals surface area contributed by atoms with Gasteiger partial charge in [-0.3, -0.25) is 13.9 Å². The monoisotopic (exact) mass is 777 g/mol. The molecular formula is C34H34Cl2IN3O4S. The van der Waals surface area contributed by atoms with Crippen molar-refractivity contribution < 1.29 is 18.0 Å². The van der Waals surface area contributed by atoms with Gasteiger partial charge in [0.25, 0.3) is 10.0 Å². The molecule has 4 rings (SSSR count). The summed E-state index contributed by atoms with van der Waals surface area (Å²) in [5.74, 6) is -0.877. The molecule has 4 aromatic carbocycles. The van der Waals surface area contributed by atoms with Gasteiger partial charge in [-0.2, -0.15) is 0 Å². The Balaban J connectivity index is 1.79. The Kier molecular flexibility index (Phi) is 12.7. The molecule has 0 unspecified atom stereocenters. The van der Waals surface area contributed by atoms with Gasteiger partial charge in [0.15, 0.2) is 0 Å². The van der Waals surface area contributed by atoms with Crippen LogP contribution in [-0.4, -0.2) is 44.3 Å². The van der Waals surface area contributed by atoms with E-state index >= 15 is 0 Å². The van der Waals surface area contributed by atoms with E-state index in [4.69, 9.17) is 23.2 Å². The molecular weight excluding hydrogens is 744 g/mol. The number of sulfonamides is 1. The molecule has 0 aliphatic rings. The number of hydrogen-bond donors (Lipinski definition) is 1. The number of rotatable bonds is 14. The summed E-state index contributed by atoms with van der Waals surface area (Å²) in [6.45, 7) is 1.94. The van der Waals surface area contributed by atoms with Crippen LogP contribution in [0.15, 0.2) is 108 Å². The van der Waals surface area contributed by atoms with E-state index in [0.29, 0.717) is 27.8 Å². The number of carbonyl (C=O) groups excluding carboxylic acids is 2. The molecule has 1 atom stereocenters. The molecule has 0 saturated heterocycles. The lowest BCUT2D eigenvalue weighted by Gasteiger charge is -2.34. The molecule has 0 radical (unpaired) electrons. The van der Waals surface area contributed by atoms with Gasteiger partial charge >= 0.3 is 0 Å². The summed E-state index contributed by atoms with van der Waals surface area (Å²) in [6.07, 6.45) is 1.89. The van der Waals surface area contributed by atoms with Crippen molar-refractivity contribution >= 4 is 73.3 Å². The molecule has 45 heavy (non-hydrogen) atoms. The molecule has 2 amide bonds. The number of amides is 2. The van der Waals surface area contributed by atoms with Crippen LogP contribution in [0.3, 0.4) is 0 Å². The summed E-state index contributed by atoms with van der Waals surface area (Å²) in [6, 6.07) is 28.4. The van der Waals surface area contributed by atoms with E-state index in [1.807, 2.05) is 37.3 Å². The van der Waals surface area contributed by atoms with Crippen LogP contribution in [0.4, 0.5) is 5.69 Å². The summed E-state index contributed by atoms with van der Waals surface area (Å²) in [5.41, 5.74) is 1.82. The molecule has 4 aromatic rings. The van der Waals surface area contributed by atoms with Crippen molar-refractivity contribution in [2.24, 2.45) is 0 Å². The second kappa shape index (κ2) is 16.4. The number of nitrogens with one attached hydrogen (secondary N) is 1. The average molecular weight is 779 g/mol. The summed E-state index contributed by atoms with van der Waals surface area (Å²) in [5, 5.41) is 3.64. The number of benzene rings is 4. The smallest absolute Gasteiger partial charge is 0.264 e. The highest BCUT2D eigenvalue weighted by molar-refractivity contribution is 14.1. The first-order valence-corrected chi connectivity index (χ1v) is 17.8. The standard InChI is InChI=1S/C34H34Cl2IN3O4S/c1-2-3-20-38-34(42)32(22-25-10-6-4-7-11-25)39(23-26-14-19-30(35)31(36)21-26)33(41)24-40(28-17-15-27(37)16-18-28)45(43,44)29-12-8-5-9-13-29/h4-19,21,32H,2-3,20,22-24H2,1H3,(H,38,42)/t32-/m0/s1. The Morgan fingerprint density at radius 3 is 2.11 bits per heavy atom. The highest BCUT2D eigenvalue weighted by Gasteiger charge is 2.34. The third kappa shape index (κ3) is 9.45. The number of hydrogen-bond acceptors (Lipinski definition) is 4. The van der Waals surface area contributed by atoms with Crippen LogP contribution in [-0.2, 0) is 32.6 Å². The van der Waals surface area contributed by atoms with Gasteiger partial charge in [-0.1, -0.05) is 91.1 Å². The Morgan fingerprint density at radius 1 is 0.844 bits per heavy atom. The van der Waals surface area contributed by atoms with Gasteiger partial charge in [0.05, 0.1) is 20.6 Å². The molecule has 236 valence electrons. The largest absolute Gasteiger partial charge is 0.354 e. The highest BCUT2D eigenvalue weighted by Crippen LogP contribution is 2.27. The predicted octanol–water partition coefficient (Wildman–Crippen LogP) is 7.35. The fourth-order valence-corrected chi connectivity index (χ4v) is 6.87. The van der Waals surface area contributed by atoms with Crippen LogP contribution < -0.4 is 9.62 Å². The number of unbranched alkanes of at least 4 members (excludes halogenated alkanes) is 1. The summed E-state index contributed by atoms with van der Waals surface area (Å²) >= 11 is 14.6. The van der Waals surface area contributed by atoms with E-state index in [1.165, 1.54) is 17.0 Å². The number of anilines is 1. The lowest BCUT2D eigenvalue weighted by molar-refractivity contribution is -0.140. The molecule has 0 aromatic heterocycles. The maximum absolute atomic E-state index is 14.5. The zero-order chi connectivity index (χ0) is 32.4. The lowest BCUT2D eigenvalue weighted by atomic mass is 10.0. The first-order chi connectivity index (χ1) is 21.6. The van der Waals surface area contributed by atoms with Crippen molar-refractivity contribution in [3.8, 4) is 0 Å². The fraction of sp³-hybridized carbons (Fsp3) is 0.235. The highest BCUT2D eigenvalue weighted by atomic mass is 127. The Bertz CT molecular complexity index is 1690. The van der Waals surface area contributed by atoms with Crippen LogP contribution >= 0.6 is 45.8 Å². The maximum atomic E-state index is 14.5. The van der Waals surface area contributed by atoms with Gasteiger partial charge < -0.3 is 10.2 Å². The van der Waals surface area contributed by atoms with Crippen molar-refractivity contribution in [3.63, 3.8) is 0 Å². The van der Waals surface area contributed by atoms with E-state index in [1.54, 1.807) is 60.7 Å². The molecule has 1 N–H and O–H groups in total. The third-order valence-electron chi connectivity index (χ3n) is 7.16. The molecule has 7 nitrogen and oxygen atoms in total. The van der Waals surface area contributed by atoms with Crippen LogP contribution in [0.25, 0.3) is 0 Å². The Morgan fingerprint density at radius 2 is 1.49 bits per heavy atom. The van der Waals surface area contributed by atoms with Gasteiger partial charge in [-0.05, 0) is 88.7 Å². The van der Waals surface area contributed by atoms with Crippen molar-refractivity contribution in [1.29, 1.82) is 0 Å². The Labute approximate surface area is 288 Å². The zero-order valence-corrected chi connectivity index (χ0v) is 29.2. The first-order valence-electron chi connectivity index (χ1n) is 14.5. The van der Waals surface area contributed by atoms with Gasteiger partial charge in [0.1, 0.15) is 12.6 Å². The molecule has 0 saturated carbocycles. The number of halogens is 3. The minimum absolute atomic E-state index is 0.000330. The van der Waals surface area contributed by atoms with Gasteiger partial charge in [0.2, 0.25) is 11.8 Å². The number of nitrogens with zero attached hydrogens (tertiary/aromatic N) is 2. The minimum atomic E-state index is -4.16. The van der Waals surface area contributed by atoms with Crippen LogP contribution in [0.5, 0.6) is 0 Å². The topological polar surface area (TPSA) is 86.8 Å². The van der Waals surface area contributed by atoms with Crippen LogP contribution in [0.2, 0.25) is 10.0 Å². The average Bonchev–Trinajstić information content (AvgIpc) is 3.04. The van der Waals surface area contributed by atoms with Crippen molar-refractivity contribution in [2.75, 3.05) is 17.4 Å². The molecule has 11 heteroatoms. The molecule has 0 heterocycles. The zero-order valence-electron chi connectivity index (χ0n) is 24.7. The SMILES string of the molecule is CCCCNC(=O)[C@H](Cc1ccccc1)N(Cc1ccc(Cl)c(Cl)c1)C(=O)CN(c1ccc(I)cc1)S(=O)(=O)c1ccccc1. The van der Waals surface area contributed by atoms with Gasteiger partial charge in [0, 0.05) is 23.1 Å². The number of carbonyl (C=O) groups is 2. The quantitative estimate of drug-likeness (QED) is 0.107. The summed E-state index contributed by atoms with van der Waals surface area (Å²) in [4.78, 5) is 29.8. The molecule has 0 bridgehead atoms. The minimum Gasteiger partial charge on any atom is -0.354 e. The van der Waals surface area contributed by atoms with Crippen molar-refractivity contribution in [2.45, 2.75) is 43.7 Å². The molecule has 0 spiro atoms. The summed E-state index contributed by atoms with van der Waals surface area (Å²) in [7, 11) is -4.16. The van der Waals surface area contributed by atoms with Crippen molar-refractivity contribution in [3.05, 3.63) is 128 Å². The van der Waals surface area contributed by atoms with E-state index < -0.39 is 28.5 Å². The van der Waals surface area contributed by atoms with E-state index in [2.05, 4.69) is 27.9 Å². The lowest BCUT2D eigenvalue weighted by Crippen LogP contribution is -2.53. The second-order valence-corrected chi connectivity index (χ2v) is 14.3. The molecule has 0 fully saturated rings. The maximum Gasteiger partial charge on any atom is 0.264 e. The molecule has 0 aliphatic heterocycles. The Hall–Kier alpha value is -3.12. The normalized spacial score (nSPS) is 11.9. The summed E-state index contributed by atoms with van der Waals surface area (Å²) < 4.78 is 30.1. The van der Waals surface area contributed by atoms with Gasteiger partial charge in [-0.15, -0.1) is 0 Å².